The molecule has 11 heteroatoms. The van der Waals surface area contributed by atoms with Crippen LogP contribution in [0.3, 0.4) is 0 Å². The third kappa shape index (κ3) is 3.77. The molecule has 1 aliphatic rings. The van der Waals surface area contributed by atoms with Gasteiger partial charge in [-0.2, -0.15) is 5.10 Å². The van der Waals surface area contributed by atoms with Crippen LogP contribution in [-0.4, -0.2) is 38.5 Å². The molecule has 0 radical (unpaired) electrons. The number of alkyl halides is 2. The van der Waals surface area contributed by atoms with Crippen molar-refractivity contribution in [2.24, 2.45) is 0 Å². The monoisotopic (exact) mass is 460 g/mol. The van der Waals surface area contributed by atoms with E-state index in [-0.39, 0.29) is 22.7 Å². The summed E-state index contributed by atoms with van der Waals surface area (Å²) in [5, 5.41) is 7.57. The fourth-order valence-electron chi connectivity index (χ4n) is 3.56. The lowest BCUT2D eigenvalue weighted by Gasteiger charge is -2.34. The molecule has 0 saturated heterocycles. The van der Waals surface area contributed by atoms with E-state index in [9.17, 15) is 18.4 Å². The maximum Gasteiger partial charge on any atom is 0.342 e. The maximum absolute atomic E-state index is 13.0. The van der Waals surface area contributed by atoms with Gasteiger partial charge in [-0.25, -0.2) is 23.1 Å². The number of ether oxygens (including phenoxy) is 1. The number of hydrogen-bond donors (Lipinski definition) is 1. The zero-order valence-corrected chi connectivity index (χ0v) is 17.1. The van der Waals surface area contributed by atoms with Crippen molar-refractivity contribution < 1.29 is 27.5 Å². The second kappa shape index (κ2) is 7.56. The van der Waals surface area contributed by atoms with E-state index in [2.05, 4.69) is 15.4 Å². The van der Waals surface area contributed by atoms with Gasteiger partial charge in [-0.05, 0) is 24.3 Å². The number of carbonyl (C=O) groups excluding carboxylic acids is 2. The van der Waals surface area contributed by atoms with Crippen molar-refractivity contribution in [3.05, 3.63) is 64.8 Å². The minimum Gasteiger partial charge on any atom is -0.458 e. The molecule has 1 saturated carbocycles. The summed E-state index contributed by atoms with van der Waals surface area (Å²) in [5.74, 6) is -3.63. The van der Waals surface area contributed by atoms with Crippen molar-refractivity contribution in [2.45, 2.75) is 31.4 Å². The number of benzene rings is 1. The van der Waals surface area contributed by atoms with Crippen LogP contribution in [0.5, 0.6) is 0 Å². The molecule has 3 aromatic heterocycles. The van der Waals surface area contributed by atoms with Gasteiger partial charge >= 0.3 is 5.97 Å². The molecule has 0 spiro atoms. The van der Waals surface area contributed by atoms with E-state index in [1.807, 2.05) is 0 Å². The van der Waals surface area contributed by atoms with Gasteiger partial charge < -0.3 is 14.5 Å². The number of nitrogens with zero attached hydrogens (tertiary/aromatic N) is 3. The minimum absolute atomic E-state index is 0.0264. The van der Waals surface area contributed by atoms with E-state index in [4.69, 9.17) is 20.8 Å². The first-order chi connectivity index (χ1) is 15.3. The van der Waals surface area contributed by atoms with E-state index >= 15 is 0 Å². The molecule has 8 nitrogen and oxygen atoms in total. The first-order valence-electron chi connectivity index (χ1n) is 9.66. The van der Waals surface area contributed by atoms with Crippen LogP contribution in [0.1, 0.15) is 39.3 Å². The second-order valence-electron chi connectivity index (χ2n) is 7.50. The maximum atomic E-state index is 13.0. The standard InChI is InChI=1S/C21H15ClF2N4O4/c22-12-4-11-5-13(9-26-19(29)16-10-27-28-3-1-2-25-18(16)28)31-17(11)15(6-12)20(30)32-14-7-21(23,24)8-14/h1-6,10,14H,7-9H2,(H,26,29). The highest BCUT2D eigenvalue weighted by Gasteiger charge is 2.47. The molecule has 32 heavy (non-hydrogen) atoms. The number of esters is 1. The van der Waals surface area contributed by atoms with E-state index < -0.39 is 36.7 Å². The van der Waals surface area contributed by atoms with Crippen LogP contribution in [0, 0.1) is 0 Å². The number of nitrogens with one attached hydrogen (secondary N) is 1. The van der Waals surface area contributed by atoms with Gasteiger partial charge in [0.15, 0.2) is 5.65 Å². The van der Waals surface area contributed by atoms with Gasteiger partial charge in [-0.15, -0.1) is 0 Å². The number of aromatic nitrogens is 3. The molecule has 0 unspecified atom stereocenters. The fraction of sp³-hybridized carbons (Fsp3) is 0.238. The highest BCUT2D eigenvalue weighted by Crippen LogP contribution is 2.40. The van der Waals surface area contributed by atoms with Crippen molar-refractivity contribution in [2.75, 3.05) is 0 Å². The molecule has 3 heterocycles. The van der Waals surface area contributed by atoms with Crippen LogP contribution in [0.15, 0.2) is 47.3 Å². The van der Waals surface area contributed by atoms with Gasteiger partial charge in [0.2, 0.25) is 0 Å². The van der Waals surface area contributed by atoms with Crippen LogP contribution in [0.4, 0.5) is 8.78 Å². The van der Waals surface area contributed by atoms with Crippen LogP contribution < -0.4 is 5.32 Å². The topological polar surface area (TPSA) is 98.7 Å². The van der Waals surface area contributed by atoms with Crippen molar-refractivity contribution in [3.8, 4) is 0 Å². The Morgan fingerprint density at radius 2 is 2.09 bits per heavy atom. The van der Waals surface area contributed by atoms with Gasteiger partial charge in [0, 0.05) is 35.6 Å². The van der Waals surface area contributed by atoms with Gasteiger partial charge in [0.25, 0.3) is 11.8 Å². The summed E-state index contributed by atoms with van der Waals surface area (Å²) in [7, 11) is 0. The van der Waals surface area contributed by atoms with Crippen molar-refractivity contribution >= 4 is 40.1 Å². The number of fused-ring (bicyclic) bond motifs is 2. The lowest BCUT2D eigenvalue weighted by atomic mass is 9.91. The lowest BCUT2D eigenvalue weighted by Crippen LogP contribution is -2.42. The summed E-state index contributed by atoms with van der Waals surface area (Å²) in [6.07, 6.45) is 2.79. The molecule has 5 rings (SSSR count). The predicted octanol–water partition coefficient (Wildman–Crippen LogP) is 4.01. The molecular weight excluding hydrogens is 446 g/mol. The second-order valence-corrected chi connectivity index (χ2v) is 7.94. The molecule has 1 N–H and O–H groups in total. The van der Waals surface area contributed by atoms with Crippen molar-refractivity contribution in [3.63, 3.8) is 0 Å². The van der Waals surface area contributed by atoms with Gasteiger partial charge in [-0.3, -0.25) is 4.79 Å². The molecule has 0 aliphatic heterocycles. The number of rotatable bonds is 5. The zero-order valence-electron chi connectivity index (χ0n) is 16.3. The predicted molar refractivity (Wildman–Crippen MR) is 109 cm³/mol. The number of hydrogen-bond acceptors (Lipinski definition) is 6. The van der Waals surface area contributed by atoms with Crippen LogP contribution in [0.2, 0.25) is 5.02 Å². The summed E-state index contributed by atoms with van der Waals surface area (Å²) in [4.78, 5) is 29.2. The number of furan rings is 1. The van der Waals surface area contributed by atoms with Gasteiger partial charge in [0.05, 0.1) is 12.7 Å². The Kier molecular flexibility index (Phi) is 4.81. The zero-order chi connectivity index (χ0) is 22.5. The molecule has 1 fully saturated rings. The Hall–Kier alpha value is -3.53. The average molecular weight is 461 g/mol. The molecule has 1 aromatic carbocycles. The highest BCUT2D eigenvalue weighted by molar-refractivity contribution is 6.32. The highest BCUT2D eigenvalue weighted by atomic mass is 35.5. The number of carbonyl (C=O) groups is 2. The molecule has 4 aromatic rings. The van der Waals surface area contributed by atoms with Crippen LogP contribution in [0.25, 0.3) is 16.6 Å². The Balaban J connectivity index is 1.33. The van der Waals surface area contributed by atoms with E-state index in [1.165, 1.54) is 16.8 Å². The first-order valence-corrected chi connectivity index (χ1v) is 10.0. The summed E-state index contributed by atoms with van der Waals surface area (Å²) in [5.41, 5.74) is 0.943. The minimum atomic E-state index is -2.80. The van der Waals surface area contributed by atoms with E-state index in [0.29, 0.717) is 22.4 Å². The van der Waals surface area contributed by atoms with Gasteiger partial charge in [-0.1, -0.05) is 11.6 Å². The molecule has 1 aliphatic carbocycles. The quantitative estimate of drug-likeness (QED) is 0.452. The SMILES string of the molecule is O=C(OC1CC(F)(F)C1)c1cc(Cl)cc2cc(CNC(=O)c3cnn4cccnc34)oc12. The summed E-state index contributed by atoms with van der Waals surface area (Å²) in [6.45, 7) is 0.0264. The third-order valence-electron chi connectivity index (χ3n) is 5.13. The molecule has 0 atom stereocenters. The smallest absolute Gasteiger partial charge is 0.342 e. The Bertz CT molecular complexity index is 1360. The largest absolute Gasteiger partial charge is 0.458 e. The molecule has 1 amide bonds. The fourth-order valence-corrected chi connectivity index (χ4v) is 3.79. The Morgan fingerprint density at radius 3 is 2.88 bits per heavy atom. The summed E-state index contributed by atoms with van der Waals surface area (Å²) >= 11 is 6.10. The Morgan fingerprint density at radius 1 is 1.28 bits per heavy atom. The number of halogens is 3. The average Bonchev–Trinajstić information content (AvgIpc) is 3.33. The molecule has 164 valence electrons. The summed E-state index contributed by atoms with van der Waals surface area (Å²) < 4.78 is 38.4. The molecule has 0 bridgehead atoms. The van der Waals surface area contributed by atoms with Crippen LogP contribution >= 0.6 is 11.6 Å². The first kappa shape index (κ1) is 20.4. The van der Waals surface area contributed by atoms with Gasteiger partial charge in [0.1, 0.15) is 28.6 Å². The Labute approximate surface area is 184 Å². The summed E-state index contributed by atoms with van der Waals surface area (Å²) in [6, 6.07) is 6.28. The van der Waals surface area contributed by atoms with Crippen LogP contribution in [-0.2, 0) is 11.3 Å². The molecular formula is C21H15ClF2N4O4. The van der Waals surface area contributed by atoms with Crippen molar-refractivity contribution in [1.29, 1.82) is 0 Å². The van der Waals surface area contributed by atoms with E-state index in [1.54, 1.807) is 30.6 Å². The third-order valence-corrected chi connectivity index (χ3v) is 5.34. The van der Waals surface area contributed by atoms with E-state index in [0.717, 1.165) is 0 Å². The number of amides is 1. The van der Waals surface area contributed by atoms with Crippen molar-refractivity contribution in [1.82, 2.24) is 19.9 Å². The lowest BCUT2D eigenvalue weighted by molar-refractivity contribution is -0.146. The normalized spacial score (nSPS) is 15.6.